The molecule has 2 aromatic heterocycles. The number of anilines is 2. The van der Waals surface area contributed by atoms with Gasteiger partial charge in [-0.15, -0.1) is 5.10 Å². The van der Waals surface area contributed by atoms with Crippen molar-refractivity contribution in [1.29, 1.82) is 0 Å². The smallest absolute Gasteiger partial charge is 0.390 e. The summed E-state index contributed by atoms with van der Waals surface area (Å²) in [6, 6.07) is 12.6. The number of carbonyl (C=O) groups excluding carboxylic acids is 2. The first kappa shape index (κ1) is 24.7. The molecule has 0 spiro atoms. The Morgan fingerprint density at radius 3 is 2.65 bits per heavy atom. The number of hydrogen-bond donors (Lipinski definition) is 3. The molecule has 0 saturated heterocycles. The van der Waals surface area contributed by atoms with Crippen LogP contribution in [0.2, 0.25) is 0 Å². The van der Waals surface area contributed by atoms with Crippen molar-refractivity contribution in [3.63, 3.8) is 0 Å². The van der Waals surface area contributed by atoms with E-state index >= 15 is 0 Å². The highest BCUT2D eigenvalue weighted by molar-refractivity contribution is 5.99. The maximum atomic E-state index is 12.5. The average molecular weight is 463 g/mol. The molecule has 9 nitrogen and oxygen atoms in total. The molecular formula is C25H30N6O3. The van der Waals surface area contributed by atoms with Crippen molar-refractivity contribution >= 4 is 23.5 Å². The van der Waals surface area contributed by atoms with Gasteiger partial charge in [0, 0.05) is 42.2 Å². The molecule has 0 radical (unpaired) electrons. The minimum Gasteiger partial charge on any atom is -0.390 e. The van der Waals surface area contributed by atoms with E-state index in [0.717, 1.165) is 15.8 Å². The first-order valence-electron chi connectivity index (χ1n) is 10.9. The highest BCUT2D eigenvalue weighted by atomic mass is 16.6. The number of rotatable bonds is 7. The molecule has 1 aromatic carbocycles. The van der Waals surface area contributed by atoms with Crippen molar-refractivity contribution in [1.82, 2.24) is 20.1 Å². The molecule has 1 amide bonds. The maximum Gasteiger partial charge on any atom is 0.441 e. The van der Waals surface area contributed by atoms with Crippen LogP contribution in [0, 0.1) is 5.41 Å². The summed E-state index contributed by atoms with van der Waals surface area (Å²) in [6.45, 7) is 12.6. The molecule has 0 aliphatic carbocycles. The molecule has 1 unspecified atom stereocenters. The number of amides is 1. The molecule has 178 valence electrons. The van der Waals surface area contributed by atoms with E-state index in [1.54, 1.807) is 24.3 Å². The summed E-state index contributed by atoms with van der Waals surface area (Å²) in [5.74, 6) is 0.0164. The molecule has 0 aliphatic rings. The number of pyridine rings is 1. The molecule has 0 saturated carbocycles. The third-order valence-electron chi connectivity index (χ3n) is 5.37. The summed E-state index contributed by atoms with van der Waals surface area (Å²) in [5.41, 5.74) is 8.47. The van der Waals surface area contributed by atoms with E-state index < -0.39 is 6.09 Å². The second-order valence-electron chi connectivity index (χ2n) is 8.99. The van der Waals surface area contributed by atoms with Gasteiger partial charge in [0.15, 0.2) is 0 Å². The van der Waals surface area contributed by atoms with E-state index in [2.05, 4.69) is 55.0 Å². The Labute approximate surface area is 199 Å². The zero-order chi connectivity index (χ0) is 24.9. The predicted octanol–water partition coefficient (Wildman–Crippen LogP) is 4.22. The fourth-order valence-corrected chi connectivity index (χ4v) is 2.96. The van der Waals surface area contributed by atoms with Gasteiger partial charge in [-0.2, -0.15) is 4.68 Å². The van der Waals surface area contributed by atoms with Gasteiger partial charge in [0.2, 0.25) is 11.8 Å². The Morgan fingerprint density at radius 2 is 2.00 bits per heavy atom. The molecule has 2 heterocycles. The number of nitrogens with zero attached hydrogens (tertiary/aromatic N) is 3. The number of benzene rings is 1. The molecule has 34 heavy (non-hydrogen) atoms. The van der Waals surface area contributed by atoms with Crippen LogP contribution >= 0.6 is 0 Å². The van der Waals surface area contributed by atoms with Gasteiger partial charge in [-0.3, -0.25) is 4.79 Å². The van der Waals surface area contributed by atoms with Crippen molar-refractivity contribution in [2.24, 2.45) is 5.41 Å². The molecule has 0 bridgehead atoms. The van der Waals surface area contributed by atoms with Gasteiger partial charge < -0.3 is 21.1 Å². The van der Waals surface area contributed by atoms with Crippen molar-refractivity contribution in [2.45, 2.75) is 40.3 Å². The zero-order valence-electron chi connectivity index (χ0n) is 19.8. The quantitative estimate of drug-likeness (QED) is 0.449. The number of nitrogen functional groups attached to an aromatic ring is 1. The third-order valence-corrected chi connectivity index (χ3v) is 5.37. The Morgan fingerprint density at radius 1 is 1.24 bits per heavy atom. The fourth-order valence-electron chi connectivity index (χ4n) is 2.96. The molecule has 0 aliphatic heterocycles. The van der Waals surface area contributed by atoms with E-state index in [0.29, 0.717) is 17.9 Å². The van der Waals surface area contributed by atoms with Crippen LogP contribution in [0.4, 0.5) is 16.3 Å². The minimum atomic E-state index is -0.727. The average Bonchev–Trinajstić information content (AvgIpc) is 3.23. The van der Waals surface area contributed by atoms with E-state index in [1.807, 2.05) is 12.1 Å². The first-order chi connectivity index (χ1) is 16.0. The van der Waals surface area contributed by atoms with Crippen LogP contribution in [0.3, 0.4) is 0 Å². The lowest BCUT2D eigenvalue weighted by molar-refractivity contribution is -0.111. The maximum absolute atomic E-state index is 12.5. The van der Waals surface area contributed by atoms with Crippen molar-refractivity contribution in [3.8, 4) is 17.1 Å². The predicted molar refractivity (Wildman–Crippen MR) is 132 cm³/mol. The van der Waals surface area contributed by atoms with Gasteiger partial charge in [-0.05, 0) is 42.2 Å². The topological polar surface area (TPSA) is 124 Å². The highest BCUT2D eigenvalue weighted by Gasteiger charge is 2.20. The Bertz CT molecular complexity index is 1200. The zero-order valence-corrected chi connectivity index (χ0v) is 19.8. The van der Waals surface area contributed by atoms with E-state index in [9.17, 15) is 9.59 Å². The number of nitrogens with one attached hydrogen (secondary N) is 2. The number of carbonyl (C=O) groups is 2. The number of aromatic nitrogens is 3. The Hall–Kier alpha value is -3.98. The summed E-state index contributed by atoms with van der Waals surface area (Å²) < 4.78 is 6.50. The Balaban J connectivity index is 1.93. The second kappa shape index (κ2) is 10.3. The number of nitrogens with two attached hydrogens (primary N) is 1. The van der Waals surface area contributed by atoms with Crippen molar-refractivity contribution < 1.29 is 14.3 Å². The van der Waals surface area contributed by atoms with Gasteiger partial charge in [-0.1, -0.05) is 39.5 Å². The summed E-state index contributed by atoms with van der Waals surface area (Å²) in [5, 5.41) is 10.1. The summed E-state index contributed by atoms with van der Waals surface area (Å²) >= 11 is 0. The van der Waals surface area contributed by atoms with Crippen LogP contribution in [0.15, 0.2) is 61.3 Å². The fraction of sp³-hybridized carbons (Fsp3) is 0.280. The normalized spacial score (nSPS) is 12.1. The highest BCUT2D eigenvalue weighted by Crippen LogP contribution is 2.26. The first-order valence-corrected chi connectivity index (χ1v) is 10.9. The van der Waals surface area contributed by atoms with Crippen LogP contribution in [-0.4, -0.2) is 32.8 Å². The van der Waals surface area contributed by atoms with Crippen molar-refractivity contribution in [3.05, 3.63) is 66.9 Å². The minimum absolute atomic E-state index is 0.0723. The van der Waals surface area contributed by atoms with E-state index in [1.165, 1.54) is 18.3 Å². The number of hydrogen-bond acceptors (Lipinski definition) is 7. The summed E-state index contributed by atoms with van der Waals surface area (Å²) in [6.07, 6.45) is 1.89. The van der Waals surface area contributed by atoms with Gasteiger partial charge in [-0.25, -0.2) is 9.78 Å². The SMILES string of the molecule is C=CC(=O)Nc1cccc(-c2cc(CNC(C)C(C)(C)C)cc(OC(=O)n3ccc(N)n3)n2)c1. The van der Waals surface area contributed by atoms with E-state index in [-0.39, 0.29) is 29.1 Å². The molecule has 3 rings (SSSR count). The van der Waals surface area contributed by atoms with E-state index in [4.69, 9.17) is 10.5 Å². The third kappa shape index (κ3) is 6.52. The number of ether oxygens (including phenoxy) is 1. The van der Waals surface area contributed by atoms with Gasteiger partial charge >= 0.3 is 6.09 Å². The van der Waals surface area contributed by atoms with Crippen LogP contribution in [0.5, 0.6) is 5.88 Å². The van der Waals surface area contributed by atoms with Crippen LogP contribution in [0.25, 0.3) is 11.3 Å². The van der Waals surface area contributed by atoms with Gasteiger partial charge in [0.25, 0.3) is 0 Å². The molecule has 9 heteroatoms. The standard InChI is InChI=1S/C25H30N6O3/c1-6-22(32)28-19-9-7-8-18(14-19)20-12-17(15-27-16(2)25(3,4)5)13-23(29-20)34-24(33)31-11-10-21(26)30-31/h6-14,16,27H,1,15H2,2-5H3,(H2,26,30)(H,28,32). The van der Waals surface area contributed by atoms with Crippen molar-refractivity contribution in [2.75, 3.05) is 11.1 Å². The lowest BCUT2D eigenvalue weighted by Gasteiger charge is -2.28. The molecule has 3 aromatic rings. The lowest BCUT2D eigenvalue weighted by Crippen LogP contribution is -2.37. The molecule has 4 N–H and O–H groups in total. The lowest BCUT2D eigenvalue weighted by atomic mass is 9.88. The summed E-state index contributed by atoms with van der Waals surface area (Å²) in [7, 11) is 0. The van der Waals surface area contributed by atoms with Crippen LogP contribution < -0.4 is 21.1 Å². The largest absolute Gasteiger partial charge is 0.441 e. The molecule has 0 fully saturated rings. The molecular weight excluding hydrogens is 432 g/mol. The molecule has 1 atom stereocenters. The second-order valence-corrected chi connectivity index (χ2v) is 8.99. The van der Waals surface area contributed by atoms with Gasteiger partial charge in [0.05, 0.1) is 5.69 Å². The van der Waals surface area contributed by atoms with Crippen LogP contribution in [0.1, 0.15) is 33.3 Å². The summed E-state index contributed by atoms with van der Waals surface area (Å²) in [4.78, 5) is 28.7. The van der Waals surface area contributed by atoms with Gasteiger partial charge in [0.1, 0.15) is 5.82 Å². The van der Waals surface area contributed by atoms with Crippen LogP contribution in [-0.2, 0) is 11.3 Å². The monoisotopic (exact) mass is 462 g/mol. The Kier molecular flexibility index (Phi) is 7.47.